The van der Waals surface area contributed by atoms with Crippen molar-refractivity contribution < 1.29 is 0 Å². The zero-order valence-corrected chi connectivity index (χ0v) is 12.3. The van der Waals surface area contributed by atoms with E-state index in [2.05, 4.69) is 49.0 Å². The smallest absolute Gasteiger partial charge is 0.126 e. The second-order valence-corrected chi connectivity index (χ2v) is 5.25. The van der Waals surface area contributed by atoms with Crippen molar-refractivity contribution in [3.63, 3.8) is 0 Å². The molecule has 0 radical (unpaired) electrons. The van der Waals surface area contributed by atoms with E-state index in [-0.39, 0.29) is 0 Å². The Bertz CT molecular complexity index is 516. The van der Waals surface area contributed by atoms with Crippen LogP contribution in [0.1, 0.15) is 51.4 Å². The Morgan fingerprint density at radius 3 is 2.74 bits per heavy atom. The number of aryl methyl sites for hydroxylation is 1. The van der Waals surface area contributed by atoms with Gasteiger partial charge in [-0.2, -0.15) is 0 Å². The van der Waals surface area contributed by atoms with Crippen molar-refractivity contribution >= 4 is 11.0 Å². The highest BCUT2D eigenvalue weighted by atomic mass is 15.1. The van der Waals surface area contributed by atoms with Gasteiger partial charge in [-0.05, 0) is 32.0 Å². The minimum absolute atomic E-state index is 0.305. The van der Waals surface area contributed by atoms with E-state index in [1.807, 2.05) is 6.07 Å². The van der Waals surface area contributed by atoms with E-state index >= 15 is 0 Å². The average Bonchev–Trinajstić information content (AvgIpc) is 2.76. The van der Waals surface area contributed by atoms with Crippen LogP contribution >= 0.6 is 0 Å². The van der Waals surface area contributed by atoms with Crippen LogP contribution < -0.4 is 5.32 Å². The lowest BCUT2D eigenvalue weighted by molar-refractivity contribution is 0.509. The zero-order valence-electron chi connectivity index (χ0n) is 12.3. The Hall–Kier alpha value is -1.35. The van der Waals surface area contributed by atoms with E-state index in [0.29, 0.717) is 6.04 Å². The van der Waals surface area contributed by atoms with Gasteiger partial charge in [-0.3, -0.25) is 0 Å². The molecule has 1 atom stereocenters. The summed E-state index contributed by atoms with van der Waals surface area (Å²) in [7, 11) is 2.10. The fourth-order valence-corrected chi connectivity index (χ4v) is 2.51. The summed E-state index contributed by atoms with van der Waals surface area (Å²) in [5, 5.41) is 3.58. The number of benzene rings is 1. The molecule has 1 aromatic heterocycles. The Morgan fingerprint density at radius 2 is 2.00 bits per heavy atom. The number of hydrogen-bond acceptors (Lipinski definition) is 2. The first kappa shape index (κ1) is 14.1. The number of nitrogens with zero attached hydrogens (tertiary/aromatic N) is 2. The SMILES string of the molecule is CCCCCCNC(C)c1nc2ccccc2n1C. The Labute approximate surface area is 116 Å². The molecule has 104 valence electrons. The lowest BCUT2D eigenvalue weighted by Crippen LogP contribution is -2.22. The van der Waals surface area contributed by atoms with Gasteiger partial charge < -0.3 is 9.88 Å². The molecule has 2 aromatic rings. The second kappa shape index (κ2) is 6.71. The predicted molar refractivity (Wildman–Crippen MR) is 81.3 cm³/mol. The molecule has 2 rings (SSSR count). The number of fused-ring (bicyclic) bond motifs is 1. The first-order chi connectivity index (χ1) is 9.24. The molecule has 0 aliphatic heterocycles. The first-order valence-electron chi connectivity index (χ1n) is 7.38. The maximum absolute atomic E-state index is 4.73. The van der Waals surface area contributed by atoms with E-state index < -0.39 is 0 Å². The predicted octanol–water partition coefficient (Wildman–Crippen LogP) is 3.80. The monoisotopic (exact) mass is 259 g/mol. The fourth-order valence-electron chi connectivity index (χ4n) is 2.51. The van der Waals surface area contributed by atoms with Crippen LogP contribution in [0.15, 0.2) is 24.3 Å². The number of hydrogen-bond donors (Lipinski definition) is 1. The standard InChI is InChI=1S/C16H25N3/c1-4-5-6-9-12-17-13(2)16-18-14-10-7-8-11-15(14)19(16)3/h7-8,10-11,13,17H,4-6,9,12H2,1-3H3. The van der Waals surface area contributed by atoms with Crippen LogP contribution in [0.4, 0.5) is 0 Å². The van der Waals surface area contributed by atoms with Crippen LogP contribution in [0.5, 0.6) is 0 Å². The maximum atomic E-state index is 4.73. The van der Waals surface area contributed by atoms with Gasteiger partial charge in [0.2, 0.25) is 0 Å². The molecule has 19 heavy (non-hydrogen) atoms. The molecule has 0 bridgehead atoms. The third-order valence-corrected chi connectivity index (χ3v) is 3.69. The normalized spacial score (nSPS) is 13.0. The van der Waals surface area contributed by atoms with Crippen LogP contribution in [0, 0.1) is 0 Å². The Balaban J connectivity index is 1.97. The number of rotatable bonds is 7. The number of para-hydroxylation sites is 2. The highest BCUT2D eigenvalue weighted by molar-refractivity contribution is 5.75. The third kappa shape index (κ3) is 3.35. The lowest BCUT2D eigenvalue weighted by atomic mass is 10.2. The number of unbranched alkanes of at least 4 members (excludes halogenated alkanes) is 3. The number of aromatic nitrogens is 2. The summed E-state index contributed by atoms with van der Waals surface area (Å²) in [5.74, 6) is 1.12. The molecule has 1 heterocycles. The first-order valence-corrected chi connectivity index (χ1v) is 7.38. The molecule has 0 aliphatic carbocycles. The van der Waals surface area contributed by atoms with E-state index in [1.165, 1.54) is 31.2 Å². The molecule has 0 fully saturated rings. The minimum Gasteiger partial charge on any atom is -0.330 e. The summed E-state index contributed by atoms with van der Waals surface area (Å²) in [6.07, 6.45) is 5.20. The van der Waals surface area contributed by atoms with Crippen LogP contribution in [0.2, 0.25) is 0 Å². The van der Waals surface area contributed by atoms with E-state index in [0.717, 1.165) is 17.9 Å². The molecule has 1 unspecified atom stereocenters. The van der Waals surface area contributed by atoms with Crippen molar-refractivity contribution in [3.8, 4) is 0 Å². The van der Waals surface area contributed by atoms with Gasteiger partial charge in [0.15, 0.2) is 0 Å². The average molecular weight is 259 g/mol. The fraction of sp³-hybridized carbons (Fsp3) is 0.562. The van der Waals surface area contributed by atoms with Crippen LogP contribution in [0.25, 0.3) is 11.0 Å². The summed E-state index contributed by atoms with van der Waals surface area (Å²) >= 11 is 0. The van der Waals surface area contributed by atoms with Crippen LogP contribution in [-0.4, -0.2) is 16.1 Å². The molecular weight excluding hydrogens is 234 g/mol. The van der Waals surface area contributed by atoms with Crippen LogP contribution in [0.3, 0.4) is 0 Å². The van der Waals surface area contributed by atoms with Crippen LogP contribution in [-0.2, 0) is 7.05 Å². The summed E-state index contributed by atoms with van der Waals surface area (Å²) in [6, 6.07) is 8.62. The Morgan fingerprint density at radius 1 is 1.21 bits per heavy atom. The third-order valence-electron chi connectivity index (χ3n) is 3.69. The molecule has 3 nitrogen and oxygen atoms in total. The summed E-state index contributed by atoms with van der Waals surface area (Å²) < 4.78 is 2.19. The molecule has 3 heteroatoms. The molecule has 0 saturated heterocycles. The number of nitrogens with one attached hydrogen (secondary N) is 1. The highest BCUT2D eigenvalue weighted by Gasteiger charge is 2.13. The maximum Gasteiger partial charge on any atom is 0.126 e. The molecular formula is C16H25N3. The van der Waals surface area contributed by atoms with Gasteiger partial charge in [0.25, 0.3) is 0 Å². The molecule has 0 aliphatic rings. The molecule has 0 amide bonds. The van der Waals surface area contributed by atoms with Gasteiger partial charge in [-0.1, -0.05) is 38.3 Å². The van der Waals surface area contributed by atoms with Crippen molar-refractivity contribution in [2.24, 2.45) is 7.05 Å². The Kier molecular flexibility index (Phi) is 4.97. The van der Waals surface area contributed by atoms with E-state index in [9.17, 15) is 0 Å². The topological polar surface area (TPSA) is 29.9 Å². The van der Waals surface area contributed by atoms with Gasteiger partial charge >= 0.3 is 0 Å². The van der Waals surface area contributed by atoms with Crippen molar-refractivity contribution in [1.82, 2.24) is 14.9 Å². The molecule has 1 aromatic carbocycles. The minimum atomic E-state index is 0.305. The van der Waals surface area contributed by atoms with Gasteiger partial charge in [-0.15, -0.1) is 0 Å². The molecule has 0 saturated carbocycles. The van der Waals surface area contributed by atoms with Gasteiger partial charge in [0.1, 0.15) is 5.82 Å². The van der Waals surface area contributed by atoms with Gasteiger partial charge in [0, 0.05) is 7.05 Å². The van der Waals surface area contributed by atoms with E-state index in [1.54, 1.807) is 0 Å². The summed E-state index contributed by atoms with van der Waals surface area (Å²) in [4.78, 5) is 4.73. The zero-order chi connectivity index (χ0) is 13.7. The van der Waals surface area contributed by atoms with Crippen molar-refractivity contribution in [1.29, 1.82) is 0 Å². The number of imidazole rings is 1. The summed E-state index contributed by atoms with van der Waals surface area (Å²) in [5.41, 5.74) is 2.29. The molecule has 1 N–H and O–H groups in total. The highest BCUT2D eigenvalue weighted by Crippen LogP contribution is 2.19. The van der Waals surface area contributed by atoms with Crippen molar-refractivity contribution in [2.75, 3.05) is 6.54 Å². The van der Waals surface area contributed by atoms with Gasteiger partial charge in [0.05, 0.1) is 17.1 Å². The van der Waals surface area contributed by atoms with Gasteiger partial charge in [-0.25, -0.2) is 4.98 Å². The largest absolute Gasteiger partial charge is 0.330 e. The summed E-state index contributed by atoms with van der Waals surface area (Å²) in [6.45, 7) is 5.51. The lowest BCUT2D eigenvalue weighted by Gasteiger charge is -2.13. The van der Waals surface area contributed by atoms with E-state index in [4.69, 9.17) is 4.98 Å². The second-order valence-electron chi connectivity index (χ2n) is 5.25. The quantitative estimate of drug-likeness (QED) is 0.766. The molecule has 0 spiro atoms. The van der Waals surface area contributed by atoms with Crippen molar-refractivity contribution in [2.45, 2.75) is 45.6 Å². The van der Waals surface area contributed by atoms with Crippen molar-refractivity contribution in [3.05, 3.63) is 30.1 Å².